The van der Waals surface area contributed by atoms with E-state index in [0.29, 0.717) is 0 Å². The lowest BCUT2D eigenvalue weighted by Gasteiger charge is -2.18. The topological polar surface area (TPSA) is 24.9 Å². The van der Waals surface area contributed by atoms with Crippen LogP contribution in [0.4, 0.5) is 4.39 Å². The highest BCUT2D eigenvalue weighted by Crippen LogP contribution is 2.24. The van der Waals surface area contributed by atoms with Crippen LogP contribution in [0.1, 0.15) is 29.7 Å². The number of hydrogen-bond acceptors (Lipinski definition) is 3. The molecular formula is C15H19FN2S. The molecule has 1 atom stereocenters. The Bertz CT molecular complexity index is 485. The second-order valence-corrected chi connectivity index (χ2v) is 5.57. The maximum absolute atomic E-state index is 13.9. The summed E-state index contributed by atoms with van der Waals surface area (Å²) >= 11 is 1.63. The molecule has 0 aliphatic rings. The minimum Gasteiger partial charge on any atom is -0.316 e. The number of thiazole rings is 1. The van der Waals surface area contributed by atoms with Gasteiger partial charge in [-0.05, 0) is 31.0 Å². The Morgan fingerprint density at radius 3 is 2.89 bits per heavy atom. The molecule has 0 spiro atoms. The predicted molar refractivity (Wildman–Crippen MR) is 78.1 cm³/mol. The van der Waals surface area contributed by atoms with Crippen molar-refractivity contribution < 1.29 is 4.39 Å². The number of rotatable bonds is 7. The lowest BCUT2D eigenvalue weighted by atomic mass is 9.94. The zero-order chi connectivity index (χ0) is 13.5. The molecular weight excluding hydrogens is 259 g/mol. The van der Waals surface area contributed by atoms with Gasteiger partial charge in [0.25, 0.3) is 0 Å². The van der Waals surface area contributed by atoms with Gasteiger partial charge in [-0.15, -0.1) is 11.3 Å². The molecule has 0 saturated heterocycles. The first-order chi connectivity index (χ1) is 9.31. The minimum absolute atomic E-state index is 0.115. The summed E-state index contributed by atoms with van der Waals surface area (Å²) in [5, 5.41) is 3.39. The van der Waals surface area contributed by atoms with Crippen LogP contribution in [-0.4, -0.2) is 18.1 Å². The fourth-order valence-electron chi connectivity index (χ4n) is 2.14. The summed E-state index contributed by atoms with van der Waals surface area (Å²) in [4.78, 5) is 5.29. The molecule has 2 aromatic rings. The van der Waals surface area contributed by atoms with Crippen LogP contribution in [0.2, 0.25) is 0 Å². The molecule has 1 N–H and O–H groups in total. The van der Waals surface area contributed by atoms with E-state index in [1.54, 1.807) is 17.4 Å². The Balaban J connectivity index is 2.11. The molecule has 19 heavy (non-hydrogen) atoms. The summed E-state index contributed by atoms with van der Waals surface area (Å²) < 4.78 is 13.9. The van der Waals surface area contributed by atoms with Gasteiger partial charge in [0.2, 0.25) is 0 Å². The molecule has 2 rings (SSSR count). The van der Waals surface area contributed by atoms with Gasteiger partial charge < -0.3 is 5.32 Å². The molecule has 0 aliphatic heterocycles. The average Bonchev–Trinajstić information content (AvgIpc) is 2.91. The van der Waals surface area contributed by atoms with Crippen LogP contribution in [0.3, 0.4) is 0 Å². The Morgan fingerprint density at radius 2 is 2.21 bits per heavy atom. The summed E-state index contributed by atoms with van der Waals surface area (Å²) in [6, 6.07) is 7.06. The van der Waals surface area contributed by atoms with E-state index in [-0.39, 0.29) is 11.7 Å². The Morgan fingerprint density at radius 1 is 1.37 bits per heavy atom. The standard InChI is InChI=1S/C15H19FN2S/c1-2-7-17-9-12(8-13-10-18-11-19-13)14-5-3-4-6-15(14)16/h3-6,10-12,17H,2,7-9H2,1H3. The first-order valence-electron chi connectivity index (χ1n) is 6.63. The van der Waals surface area contributed by atoms with E-state index >= 15 is 0 Å². The molecule has 0 radical (unpaired) electrons. The second kappa shape index (κ2) is 7.36. The number of benzene rings is 1. The number of nitrogens with one attached hydrogen (secondary N) is 1. The second-order valence-electron chi connectivity index (χ2n) is 4.59. The molecule has 0 amide bonds. The minimum atomic E-state index is -0.115. The van der Waals surface area contributed by atoms with E-state index < -0.39 is 0 Å². The summed E-state index contributed by atoms with van der Waals surface area (Å²) in [6.07, 6.45) is 3.80. The number of nitrogens with zero attached hydrogens (tertiary/aromatic N) is 1. The Labute approximate surface area is 117 Å². The number of hydrogen-bond donors (Lipinski definition) is 1. The van der Waals surface area contributed by atoms with E-state index in [1.165, 1.54) is 10.9 Å². The Hall–Kier alpha value is -1.26. The summed E-state index contributed by atoms with van der Waals surface area (Å²) in [5.41, 5.74) is 2.62. The molecule has 1 heterocycles. The van der Waals surface area contributed by atoms with Crippen molar-refractivity contribution in [2.45, 2.75) is 25.7 Å². The average molecular weight is 278 g/mol. The molecule has 4 heteroatoms. The first kappa shape index (κ1) is 14.2. The number of halogens is 1. The van der Waals surface area contributed by atoms with Gasteiger partial charge in [0.05, 0.1) is 5.51 Å². The molecule has 0 bridgehead atoms. The van der Waals surface area contributed by atoms with Gasteiger partial charge in [-0.3, -0.25) is 4.98 Å². The molecule has 1 aromatic carbocycles. The molecule has 0 aliphatic carbocycles. The smallest absolute Gasteiger partial charge is 0.126 e. The van der Waals surface area contributed by atoms with E-state index in [1.807, 2.05) is 23.8 Å². The van der Waals surface area contributed by atoms with Crippen molar-refractivity contribution >= 4 is 11.3 Å². The highest BCUT2D eigenvalue weighted by Gasteiger charge is 2.16. The molecule has 0 fully saturated rings. The van der Waals surface area contributed by atoms with E-state index in [9.17, 15) is 4.39 Å². The zero-order valence-electron chi connectivity index (χ0n) is 11.1. The van der Waals surface area contributed by atoms with Gasteiger partial charge in [0.1, 0.15) is 5.82 Å². The molecule has 1 aromatic heterocycles. The maximum atomic E-state index is 13.9. The van der Waals surface area contributed by atoms with Crippen LogP contribution in [0.15, 0.2) is 36.0 Å². The third-order valence-electron chi connectivity index (χ3n) is 3.09. The summed E-state index contributed by atoms with van der Waals surface area (Å²) in [6.45, 7) is 3.90. The Kier molecular flexibility index (Phi) is 5.48. The van der Waals surface area contributed by atoms with Crippen molar-refractivity contribution in [2.75, 3.05) is 13.1 Å². The van der Waals surface area contributed by atoms with E-state index in [4.69, 9.17) is 0 Å². The highest BCUT2D eigenvalue weighted by molar-refractivity contribution is 7.09. The van der Waals surface area contributed by atoms with Crippen molar-refractivity contribution in [1.82, 2.24) is 10.3 Å². The third-order valence-corrected chi connectivity index (χ3v) is 3.90. The molecule has 1 unspecified atom stereocenters. The number of aromatic nitrogens is 1. The normalized spacial score (nSPS) is 12.5. The lowest BCUT2D eigenvalue weighted by Crippen LogP contribution is -2.24. The fourth-order valence-corrected chi connectivity index (χ4v) is 2.81. The van der Waals surface area contributed by atoms with Crippen LogP contribution in [0, 0.1) is 5.82 Å². The van der Waals surface area contributed by atoms with Crippen LogP contribution in [0.5, 0.6) is 0 Å². The van der Waals surface area contributed by atoms with E-state index in [0.717, 1.165) is 31.5 Å². The van der Waals surface area contributed by atoms with Gasteiger partial charge in [-0.2, -0.15) is 0 Å². The molecule has 0 saturated carbocycles. The van der Waals surface area contributed by atoms with Crippen LogP contribution in [0.25, 0.3) is 0 Å². The fraction of sp³-hybridized carbons (Fsp3) is 0.400. The van der Waals surface area contributed by atoms with E-state index in [2.05, 4.69) is 17.2 Å². The van der Waals surface area contributed by atoms with Crippen LogP contribution >= 0.6 is 11.3 Å². The van der Waals surface area contributed by atoms with Crippen molar-refractivity contribution in [1.29, 1.82) is 0 Å². The van der Waals surface area contributed by atoms with Gasteiger partial charge in [0.15, 0.2) is 0 Å². The lowest BCUT2D eigenvalue weighted by molar-refractivity contribution is 0.538. The van der Waals surface area contributed by atoms with Crippen molar-refractivity contribution in [2.24, 2.45) is 0 Å². The quantitative estimate of drug-likeness (QED) is 0.783. The first-order valence-corrected chi connectivity index (χ1v) is 7.51. The monoisotopic (exact) mass is 278 g/mol. The van der Waals surface area contributed by atoms with Crippen LogP contribution in [-0.2, 0) is 6.42 Å². The van der Waals surface area contributed by atoms with Crippen molar-refractivity contribution in [3.05, 3.63) is 52.2 Å². The van der Waals surface area contributed by atoms with Gasteiger partial charge in [-0.25, -0.2) is 4.39 Å². The van der Waals surface area contributed by atoms with Gasteiger partial charge in [-0.1, -0.05) is 25.1 Å². The maximum Gasteiger partial charge on any atom is 0.126 e. The largest absolute Gasteiger partial charge is 0.316 e. The summed E-state index contributed by atoms with van der Waals surface area (Å²) in [7, 11) is 0. The van der Waals surface area contributed by atoms with Crippen LogP contribution < -0.4 is 5.32 Å². The predicted octanol–water partition coefficient (Wildman–Crippen LogP) is 3.61. The van der Waals surface area contributed by atoms with Crippen molar-refractivity contribution in [3.8, 4) is 0 Å². The summed E-state index contributed by atoms with van der Waals surface area (Å²) in [5.74, 6) is 0.0449. The van der Waals surface area contributed by atoms with Gasteiger partial charge in [0, 0.05) is 23.5 Å². The van der Waals surface area contributed by atoms with Gasteiger partial charge >= 0.3 is 0 Å². The van der Waals surface area contributed by atoms with Crippen molar-refractivity contribution in [3.63, 3.8) is 0 Å². The molecule has 102 valence electrons. The SMILES string of the molecule is CCCNCC(Cc1cncs1)c1ccccc1F. The third kappa shape index (κ3) is 4.11. The zero-order valence-corrected chi connectivity index (χ0v) is 11.9. The highest BCUT2D eigenvalue weighted by atomic mass is 32.1. The molecule has 2 nitrogen and oxygen atoms in total.